The zero-order chi connectivity index (χ0) is 16.8. The number of hydrogen-bond acceptors (Lipinski definition) is 4. The van der Waals surface area contributed by atoms with E-state index in [2.05, 4.69) is 32.6 Å². The summed E-state index contributed by atoms with van der Waals surface area (Å²) in [5.74, 6) is 3.65. The standard InChI is InChI=1S/C17H26N6O/c1-3-9-18-17(19-10-8-14-6-5-12-24-14)21-15-7-4-11-23-16(15)20-13(2)22-23/h5-6,12,15H,3-4,7-11H2,1-2H3,(H2,18,19,21). The minimum atomic E-state index is 0.159. The number of guanidine groups is 1. The van der Waals surface area contributed by atoms with Crippen LogP contribution < -0.4 is 10.6 Å². The van der Waals surface area contributed by atoms with Gasteiger partial charge in [0.25, 0.3) is 0 Å². The molecule has 1 aliphatic heterocycles. The van der Waals surface area contributed by atoms with Gasteiger partial charge in [-0.2, -0.15) is 5.10 Å². The maximum atomic E-state index is 5.37. The Labute approximate surface area is 142 Å². The molecule has 0 aromatic carbocycles. The van der Waals surface area contributed by atoms with Gasteiger partial charge in [0.15, 0.2) is 5.96 Å². The smallest absolute Gasteiger partial charge is 0.191 e. The molecule has 1 atom stereocenters. The van der Waals surface area contributed by atoms with Gasteiger partial charge in [-0.15, -0.1) is 0 Å². The van der Waals surface area contributed by atoms with Crippen LogP contribution in [0.15, 0.2) is 27.8 Å². The van der Waals surface area contributed by atoms with E-state index in [-0.39, 0.29) is 6.04 Å². The highest BCUT2D eigenvalue weighted by Gasteiger charge is 2.24. The molecular weight excluding hydrogens is 304 g/mol. The molecule has 7 heteroatoms. The zero-order valence-electron chi connectivity index (χ0n) is 14.5. The van der Waals surface area contributed by atoms with Crippen molar-refractivity contribution in [2.75, 3.05) is 13.1 Å². The lowest BCUT2D eigenvalue weighted by Gasteiger charge is -2.25. The van der Waals surface area contributed by atoms with E-state index in [0.717, 1.165) is 68.7 Å². The number of aryl methyl sites for hydroxylation is 2. The number of hydrogen-bond donors (Lipinski definition) is 2. The van der Waals surface area contributed by atoms with E-state index in [1.54, 1.807) is 6.26 Å². The van der Waals surface area contributed by atoms with E-state index in [9.17, 15) is 0 Å². The topological polar surface area (TPSA) is 80.3 Å². The number of rotatable bonds is 6. The van der Waals surface area contributed by atoms with Crippen molar-refractivity contribution in [1.82, 2.24) is 25.4 Å². The fourth-order valence-electron chi connectivity index (χ4n) is 2.91. The summed E-state index contributed by atoms with van der Waals surface area (Å²) < 4.78 is 7.38. The third-order valence-corrected chi connectivity index (χ3v) is 4.03. The monoisotopic (exact) mass is 330 g/mol. The van der Waals surface area contributed by atoms with Gasteiger partial charge in [-0.25, -0.2) is 9.67 Å². The Morgan fingerprint density at radius 3 is 3.21 bits per heavy atom. The van der Waals surface area contributed by atoms with Crippen molar-refractivity contribution in [1.29, 1.82) is 0 Å². The average Bonchev–Trinajstić information content (AvgIpc) is 3.21. The maximum absolute atomic E-state index is 5.37. The van der Waals surface area contributed by atoms with Crippen LogP contribution in [0.2, 0.25) is 0 Å². The fourth-order valence-corrected chi connectivity index (χ4v) is 2.91. The lowest BCUT2D eigenvalue weighted by Crippen LogP contribution is -2.42. The minimum absolute atomic E-state index is 0.159. The molecule has 0 radical (unpaired) electrons. The molecule has 0 amide bonds. The van der Waals surface area contributed by atoms with Gasteiger partial charge in [-0.3, -0.25) is 4.99 Å². The molecule has 2 N–H and O–H groups in total. The van der Waals surface area contributed by atoms with Gasteiger partial charge in [0, 0.05) is 26.1 Å². The highest BCUT2D eigenvalue weighted by atomic mass is 16.3. The van der Waals surface area contributed by atoms with Crippen molar-refractivity contribution < 1.29 is 4.42 Å². The summed E-state index contributed by atoms with van der Waals surface area (Å²) in [7, 11) is 0. The van der Waals surface area contributed by atoms with Gasteiger partial charge < -0.3 is 15.1 Å². The zero-order valence-corrected chi connectivity index (χ0v) is 14.5. The fraction of sp³-hybridized carbons (Fsp3) is 0.588. The summed E-state index contributed by atoms with van der Waals surface area (Å²) in [5, 5.41) is 11.4. The van der Waals surface area contributed by atoms with E-state index in [4.69, 9.17) is 4.42 Å². The van der Waals surface area contributed by atoms with Crippen LogP contribution in [0.4, 0.5) is 0 Å². The Morgan fingerprint density at radius 1 is 1.50 bits per heavy atom. The van der Waals surface area contributed by atoms with Gasteiger partial charge in [0.2, 0.25) is 0 Å². The molecule has 0 saturated heterocycles. The molecule has 2 aromatic heterocycles. The van der Waals surface area contributed by atoms with Crippen molar-refractivity contribution in [2.45, 2.75) is 52.1 Å². The van der Waals surface area contributed by atoms with Crippen molar-refractivity contribution in [3.8, 4) is 0 Å². The van der Waals surface area contributed by atoms with E-state index in [1.807, 2.05) is 23.7 Å². The number of fused-ring (bicyclic) bond motifs is 1. The van der Waals surface area contributed by atoms with Crippen molar-refractivity contribution >= 4 is 5.96 Å². The summed E-state index contributed by atoms with van der Waals surface area (Å²) in [6, 6.07) is 4.06. The van der Waals surface area contributed by atoms with Crippen LogP contribution in [-0.2, 0) is 13.0 Å². The highest BCUT2D eigenvalue weighted by Crippen LogP contribution is 2.22. The van der Waals surface area contributed by atoms with Crippen LogP contribution in [0, 0.1) is 6.92 Å². The van der Waals surface area contributed by atoms with Crippen LogP contribution in [-0.4, -0.2) is 33.8 Å². The first kappa shape index (κ1) is 16.5. The summed E-state index contributed by atoms with van der Waals surface area (Å²) in [6.07, 6.45) is 5.70. The lowest BCUT2D eigenvalue weighted by molar-refractivity contribution is 0.397. The van der Waals surface area contributed by atoms with Gasteiger partial charge in [0.05, 0.1) is 12.3 Å². The first-order valence-electron chi connectivity index (χ1n) is 8.75. The molecule has 7 nitrogen and oxygen atoms in total. The molecule has 0 spiro atoms. The van der Waals surface area contributed by atoms with Crippen molar-refractivity contribution in [2.24, 2.45) is 4.99 Å². The summed E-state index contributed by atoms with van der Waals surface area (Å²) in [4.78, 5) is 9.22. The second-order valence-electron chi connectivity index (χ2n) is 6.07. The predicted octanol–water partition coefficient (Wildman–Crippen LogP) is 2.20. The third-order valence-electron chi connectivity index (χ3n) is 4.03. The van der Waals surface area contributed by atoms with E-state index < -0.39 is 0 Å². The number of furan rings is 1. The van der Waals surface area contributed by atoms with E-state index >= 15 is 0 Å². The lowest BCUT2D eigenvalue weighted by atomic mass is 10.1. The maximum Gasteiger partial charge on any atom is 0.191 e. The van der Waals surface area contributed by atoms with Crippen LogP contribution in [0.3, 0.4) is 0 Å². The Morgan fingerprint density at radius 2 is 2.42 bits per heavy atom. The molecule has 130 valence electrons. The second-order valence-corrected chi connectivity index (χ2v) is 6.07. The highest BCUT2D eigenvalue weighted by molar-refractivity contribution is 5.80. The van der Waals surface area contributed by atoms with Crippen LogP contribution in [0.5, 0.6) is 0 Å². The normalized spacial score (nSPS) is 17.6. The average molecular weight is 330 g/mol. The Bertz CT molecular complexity index is 661. The summed E-state index contributed by atoms with van der Waals surface area (Å²) >= 11 is 0. The summed E-state index contributed by atoms with van der Waals surface area (Å²) in [5.41, 5.74) is 0. The van der Waals surface area contributed by atoms with Gasteiger partial charge in [-0.05, 0) is 38.3 Å². The Kier molecular flexibility index (Phi) is 5.51. The molecule has 0 saturated carbocycles. The van der Waals surface area contributed by atoms with Gasteiger partial charge in [0.1, 0.15) is 17.4 Å². The molecule has 0 bridgehead atoms. The first-order chi connectivity index (χ1) is 11.8. The number of aromatic nitrogens is 3. The number of nitrogens with zero attached hydrogens (tertiary/aromatic N) is 4. The van der Waals surface area contributed by atoms with Crippen LogP contribution >= 0.6 is 0 Å². The first-order valence-corrected chi connectivity index (χ1v) is 8.75. The van der Waals surface area contributed by atoms with Crippen LogP contribution in [0.1, 0.15) is 49.6 Å². The molecule has 2 aromatic rings. The molecule has 0 aliphatic carbocycles. The Balaban J connectivity index is 1.62. The van der Waals surface area contributed by atoms with Crippen LogP contribution in [0.25, 0.3) is 0 Å². The quantitative estimate of drug-likeness (QED) is 0.627. The second kappa shape index (κ2) is 7.99. The third kappa shape index (κ3) is 4.15. The van der Waals surface area contributed by atoms with Gasteiger partial charge >= 0.3 is 0 Å². The van der Waals surface area contributed by atoms with E-state index in [0.29, 0.717) is 0 Å². The van der Waals surface area contributed by atoms with Crippen molar-refractivity contribution in [3.63, 3.8) is 0 Å². The predicted molar refractivity (Wildman–Crippen MR) is 92.9 cm³/mol. The minimum Gasteiger partial charge on any atom is -0.469 e. The molecule has 0 fully saturated rings. The van der Waals surface area contributed by atoms with E-state index in [1.165, 1.54) is 0 Å². The molecular formula is C17H26N6O. The number of nitrogens with one attached hydrogen (secondary N) is 2. The molecule has 3 heterocycles. The molecule has 24 heavy (non-hydrogen) atoms. The molecule has 1 unspecified atom stereocenters. The summed E-state index contributed by atoms with van der Waals surface area (Å²) in [6.45, 7) is 6.60. The van der Waals surface area contributed by atoms with Crippen molar-refractivity contribution in [3.05, 3.63) is 35.8 Å². The molecule has 1 aliphatic rings. The molecule has 3 rings (SSSR count). The largest absolute Gasteiger partial charge is 0.469 e. The SMILES string of the molecule is CCCN=C(NCCc1ccco1)NC1CCCn2nc(C)nc21. The Hall–Kier alpha value is -2.31. The number of aliphatic imine (C=N–C) groups is 1. The van der Waals surface area contributed by atoms with Gasteiger partial charge in [-0.1, -0.05) is 6.92 Å².